The second kappa shape index (κ2) is 4.20. The zero-order valence-electron chi connectivity index (χ0n) is 10.1. The molecule has 1 aliphatic rings. The lowest BCUT2D eigenvalue weighted by Crippen LogP contribution is -2.34. The van der Waals surface area contributed by atoms with Gasteiger partial charge in [-0.25, -0.2) is 0 Å². The molecule has 16 heavy (non-hydrogen) atoms. The predicted molar refractivity (Wildman–Crippen MR) is 65.4 cm³/mol. The molecule has 0 radical (unpaired) electrons. The van der Waals surface area contributed by atoms with Crippen LogP contribution in [0.25, 0.3) is 0 Å². The maximum Gasteiger partial charge on any atom is 0.494 e. The van der Waals surface area contributed by atoms with Gasteiger partial charge in [-0.3, -0.25) is 0 Å². The van der Waals surface area contributed by atoms with Gasteiger partial charge in [0.15, 0.2) is 0 Å². The first-order valence-electron chi connectivity index (χ1n) is 5.65. The summed E-state index contributed by atoms with van der Waals surface area (Å²) in [5.41, 5.74) is 7.50. The van der Waals surface area contributed by atoms with Crippen LogP contribution in [0, 0.1) is 0 Å². The van der Waals surface area contributed by atoms with Gasteiger partial charge in [0.25, 0.3) is 0 Å². The Morgan fingerprint density at radius 1 is 1.31 bits per heavy atom. The molecule has 4 heteroatoms. The molecule has 0 bridgehead atoms. The van der Waals surface area contributed by atoms with E-state index in [0.717, 1.165) is 11.0 Å². The fourth-order valence-electron chi connectivity index (χ4n) is 1.71. The number of hydrogen-bond donors (Lipinski definition) is 1. The normalized spacial score (nSPS) is 23.8. The molecule has 0 aromatic heterocycles. The Morgan fingerprint density at radius 2 is 1.94 bits per heavy atom. The molecule has 2 rings (SSSR count). The van der Waals surface area contributed by atoms with E-state index in [1.54, 1.807) is 0 Å². The lowest BCUT2D eigenvalue weighted by atomic mass is 9.79. The summed E-state index contributed by atoms with van der Waals surface area (Å²) >= 11 is 0. The fourth-order valence-corrected chi connectivity index (χ4v) is 1.71. The highest BCUT2D eigenvalue weighted by Gasteiger charge is 2.43. The molecule has 86 valence electrons. The van der Waals surface area contributed by atoms with Crippen LogP contribution >= 0.6 is 0 Å². The molecular formula is C12H18BNO2. The van der Waals surface area contributed by atoms with E-state index < -0.39 is 0 Å². The average Bonchev–Trinajstić information content (AvgIpc) is 2.54. The SMILES string of the molecule is CC1OB(c2ccc(CN)cc2)OC1(C)C. The quantitative estimate of drug-likeness (QED) is 0.756. The van der Waals surface area contributed by atoms with Crippen LogP contribution in [0.3, 0.4) is 0 Å². The summed E-state index contributed by atoms with van der Waals surface area (Å²) in [6.07, 6.45) is 0.103. The van der Waals surface area contributed by atoms with Gasteiger partial charge in [-0.05, 0) is 31.8 Å². The molecule has 2 N–H and O–H groups in total. The summed E-state index contributed by atoms with van der Waals surface area (Å²) in [6.45, 7) is 6.70. The highest BCUT2D eigenvalue weighted by Crippen LogP contribution is 2.26. The van der Waals surface area contributed by atoms with Crippen LogP contribution < -0.4 is 11.2 Å². The standard InChI is InChI=1S/C12H18BNO2/c1-9-12(2,3)16-13(15-9)11-6-4-10(8-14)5-7-11/h4-7,9H,8,14H2,1-3H3. The summed E-state index contributed by atoms with van der Waals surface area (Å²) in [5.74, 6) is 0. The first-order chi connectivity index (χ1) is 7.53. The van der Waals surface area contributed by atoms with Crippen molar-refractivity contribution in [2.75, 3.05) is 0 Å². The van der Waals surface area contributed by atoms with Crippen molar-refractivity contribution in [2.45, 2.75) is 39.0 Å². The van der Waals surface area contributed by atoms with Crippen molar-refractivity contribution in [3.63, 3.8) is 0 Å². The van der Waals surface area contributed by atoms with Crippen LogP contribution in [0.5, 0.6) is 0 Å². The molecule has 3 nitrogen and oxygen atoms in total. The van der Waals surface area contributed by atoms with Crippen LogP contribution in [0.1, 0.15) is 26.3 Å². The lowest BCUT2D eigenvalue weighted by Gasteiger charge is -2.21. The van der Waals surface area contributed by atoms with E-state index in [1.807, 2.05) is 45.0 Å². The van der Waals surface area contributed by atoms with Gasteiger partial charge in [0.1, 0.15) is 0 Å². The Morgan fingerprint density at radius 3 is 2.38 bits per heavy atom. The van der Waals surface area contributed by atoms with E-state index in [4.69, 9.17) is 15.0 Å². The van der Waals surface area contributed by atoms with Crippen molar-refractivity contribution in [2.24, 2.45) is 5.73 Å². The predicted octanol–water partition coefficient (Wildman–Crippen LogP) is 1.05. The Labute approximate surface area is 97.1 Å². The van der Waals surface area contributed by atoms with Gasteiger partial charge in [0.2, 0.25) is 0 Å². The summed E-state index contributed by atoms with van der Waals surface area (Å²) in [6, 6.07) is 8.05. The van der Waals surface area contributed by atoms with Crippen LogP contribution in [-0.4, -0.2) is 18.8 Å². The maximum absolute atomic E-state index is 5.87. The molecule has 1 aliphatic heterocycles. The lowest BCUT2D eigenvalue weighted by molar-refractivity contribution is 0.0842. The topological polar surface area (TPSA) is 44.5 Å². The Balaban J connectivity index is 2.14. The molecule has 1 saturated heterocycles. The smallest absolute Gasteiger partial charge is 0.402 e. The third-order valence-electron chi connectivity index (χ3n) is 3.21. The van der Waals surface area contributed by atoms with Crippen LogP contribution in [0.2, 0.25) is 0 Å². The summed E-state index contributed by atoms with van der Waals surface area (Å²) in [7, 11) is -0.253. The van der Waals surface area contributed by atoms with Gasteiger partial charge in [-0.1, -0.05) is 24.3 Å². The molecule has 0 saturated carbocycles. The first-order valence-corrected chi connectivity index (χ1v) is 5.65. The molecule has 1 fully saturated rings. The molecule has 0 spiro atoms. The second-order valence-electron chi connectivity index (χ2n) is 4.78. The summed E-state index contributed by atoms with van der Waals surface area (Å²) in [4.78, 5) is 0. The maximum atomic E-state index is 5.87. The minimum atomic E-state index is -0.253. The molecule has 1 aromatic rings. The van der Waals surface area contributed by atoms with Gasteiger partial charge < -0.3 is 15.0 Å². The van der Waals surface area contributed by atoms with E-state index in [1.165, 1.54) is 0 Å². The minimum absolute atomic E-state index is 0.103. The first kappa shape index (κ1) is 11.6. The van der Waals surface area contributed by atoms with Gasteiger partial charge in [0.05, 0.1) is 11.7 Å². The summed E-state index contributed by atoms with van der Waals surface area (Å²) in [5, 5.41) is 0. The van der Waals surface area contributed by atoms with E-state index in [2.05, 4.69) is 0 Å². The van der Waals surface area contributed by atoms with Crippen molar-refractivity contribution >= 4 is 12.6 Å². The third kappa shape index (κ3) is 2.14. The molecular weight excluding hydrogens is 201 g/mol. The van der Waals surface area contributed by atoms with Gasteiger partial charge in [-0.2, -0.15) is 0 Å². The third-order valence-corrected chi connectivity index (χ3v) is 3.21. The van der Waals surface area contributed by atoms with Crippen molar-refractivity contribution in [1.82, 2.24) is 0 Å². The van der Waals surface area contributed by atoms with Crippen molar-refractivity contribution in [3.05, 3.63) is 29.8 Å². The molecule has 1 aromatic carbocycles. The molecule has 1 unspecified atom stereocenters. The molecule has 0 aliphatic carbocycles. The minimum Gasteiger partial charge on any atom is -0.402 e. The van der Waals surface area contributed by atoms with Crippen molar-refractivity contribution in [3.8, 4) is 0 Å². The number of benzene rings is 1. The molecule has 1 heterocycles. The van der Waals surface area contributed by atoms with Gasteiger partial charge in [0, 0.05) is 6.54 Å². The zero-order valence-corrected chi connectivity index (χ0v) is 10.1. The monoisotopic (exact) mass is 219 g/mol. The van der Waals surface area contributed by atoms with E-state index >= 15 is 0 Å². The van der Waals surface area contributed by atoms with E-state index in [-0.39, 0.29) is 18.8 Å². The Kier molecular flexibility index (Phi) is 3.06. The van der Waals surface area contributed by atoms with Crippen LogP contribution in [0.15, 0.2) is 24.3 Å². The van der Waals surface area contributed by atoms with Gasteiger partial charge in [-0.15, -0.1) is 0 Å². The largest absolute Gasteiger partial charge is 0.494 e. The van der Waals surface area contributed by atoms with E-state index in [0.29, 0.717) is 6.54 Å². The number of rotatable bonds is 2. The Hall–Kier alpha value is -0.835. The number of nitrogens with two attached hydrogens (primary N) is 1. The Bertz CT molecular complexity index is 364. The van der Waals surface area contributed by atoms with Crippen LogP contribution in [0.4, 0.5) is 0 Å². The molecule has 1 atom stereocenters. The average molecular weight is 219 g/mol. The van der Waals surface area contributed by atoms with Gasteiger partial charge >= 0.3 is 7.12 Å². The van der Waals surface area contributed by atoms with E-state index in [9.17, 15) is 0 Å². The highest BCUT2D eigenvalue weighted by atomic mass is 16.7. The highest BCUT2D eigenvalue weighted by molar-refractivity contribution is 6.61. The number of hydrogen-bond acceptors (Lipinski definition) is 3. The summed E-state index contributed by atoms with van der Waals surface area (Å²) < 4.78 is 11.6. The van der Waals surface area contributed by atoms with Crippen LogP contribution in [-0.2, 0) is 15.9 Å². The fraction of sp³-hybridized carbons (Fsp3) is 0.500. The van der Waals surface area contributed by atoms with Crippen molar-refractivity contribution in [1.29, 1.82) is 0 Å². The molecule has 0 amide bonds. The second-order valence-corrected chi connectivity index (χ2v) is 4.78. The zero-order chi connectivity index (χ0) is 11.8. The van der Waals surface area contributed by atoms with Crippen molar-refractivity contribution < 1.29 is 9.31 Å².